The van der Waals surface area contributed by atoms with Crippen LogP contribution in [-0.2, 0) is 13.1 Å². The zero-order valence-corrected chi connectivity index (χ0v) is 17.4. The minimum atomic E-state index is -0.402. The molecule has 1 fully saturated rings. The van der Waals surface area contributed by atoms with Gasteiger partial charge >= 0.3 is 0 Å². The first-order valence-electron chi connectivity index (χ1n) is 10.7. The van der Waals surface area contributed by atoms with Gasteiger partial charge < -0.3 is 5.32 Å². The highest BCUT2D eigenvalue weighted by atomic mass is 16.2. The summed E-state index contributed by atoms with van der Waals surface area (Å²) in [7, 11) is 0. The molecule has 3 heterocycles. The van der Waals surface area contributed by atoms with Gasteiger partial charge in [0, 0.05) is 25.5 Å². The Morgan fingerprint density at radius 3 is 2.63 bits per heavy atom. The number of hydrogen-bond donors (Lipinski definition) is 1. The van der Waals surface area contributed by atoms with Crippen molar-refractivity contribution in [3.05, 3.63) is 81.4 Å². The van der Waals surface area contributed by atoms with Crippen molar-refractivity contribution >= 4 is 11.6 Å². The molecule has 0 unspecified atom stereocenters. The summed E-state index contributed by atoms with van der Waals surface area (Å²) in [6.45, 7) is 5.51. The van der Waals surface area contributed by atoms with Gasteiger partial charge in [0.1, 0.15) is 11.2 Å². The standard InChI is InChI=1S/C24H28N4O2/c1-18-8-7-13-28-22(18)25-16-21(24(28)30)23(29)26-15-19-9-6-10-20(14-19)17-27-11-4-2-3-5-12-27/h6-10,13-14,16H,2-5,11-12,15,17H2,1H3,(H,26,29). The number of fused-ring (bicyclic) bond motifs is 1. The van der Waals surface area contributed by atoms with Gasteiger partial charge in [0.25, 0.3) is 11.5 Å². The third-order valence-corrected chi connectivity index (χ3v) is 5.72. The van der Waals surface area contributed by atoms with Crippen LogP contribution in [0.1, 0.15) is 52.7 Å². The number of rotatable bonds is 5. The Hall–Kier alpha value is -2.99. The van der Waals surface area contributed by atoms with Gasteiger partial charge in [0.15, 0.2) is 0 Å². The van der Waals surface area contributed by atoms with E-state index >= 15 is 0 Å². The molecule has 2 aromatic heterocycles. The minimum Gasteiger partial charge on any atom is -0.348 e. The van der Waals surface area contributed by atoms with Gasteiger partial charge in [-0.3, -0.25) is 18.9 Å². The first-order chi connectivity index (χ1) is 14.6. The predicted octanol–water partition coefficient (Wildman–Crippen LogP) is 3.31. The molecule has 3 aromatic rings. The van der Waals surface area contributed by atoms with Crippen molar-refractivity contribution in [3.8, 4) is 0 Å². The van der Waals surface area contributed by atoms with Crippen LogP contribution in [0.25, 0.3) is 5.65 Å². The zero-order chi connectivity index (χ0) is 20.9. The molecule has 1 aliphatic heterocycles. The van der Waals surface area contributed by atoms with Crippen molar-refractivity contribution in [1.82, 2.24) is 19.6 Å². The lowest BCUT2D eigenvalue weighted by Gasteiger charge is -2.20. The lowest BCUT2D eigenvalue weighted by Crippen LogP contribution is -2.31. The number of benzene rings is 1. The average Bonchev–Trinajstić information content (AvgIpc) is 3.02. The summed E-state index contributed by atoms with van der Waals surface area (Å²) < 4.78 is 1.42. The van der Waals surface area contributed by atoms with Gasteiger partial charge in [-0.05, 0) is 55.6 Å². The molecule has 0 aliphatic carbocycles. The van der Waals surface area contributed by atoms with E-state index in [0.717, 1.165) is 30.8 Å². The van der Waals surface area contributed by atoms with Crippen molar-refractivity contribution in [2.24, 2.45) is 0 Å². The lowest BCUT2D eigenvalue weighted by atomic mass is 10.1. The van der Waals surface area contributed by atoms with E-state index in [1.54, 1.807) is 12.3 Å². The molecule has 1 amide bonds. The number of amides is 1. The number of pyridine rings is 1. The van der Waals surface area contributed by atoms with Gasteiger partial charge in [-0.1, -0.05) is 43.2 Å². The molecule has 0 spiro atoms. The first-order valence-corrected chi connectivity index (χ1v) is 10.7. The molecule has 6 heteroatoms. The molecule has 0 bridgehead atoms. The van der Waals surface area contributed by atoms with Crippen molar-refractivity contribution in [2.75, 3.05) is 13.1 Å². The van der Waals surface area contributed by atoms with E-state index in [2.05, 4.69) is 27.3 Å². The number of aromatic nitrogens is 2. The second-order valence-corrected chi connectivity index (χ2v) is 8.05. The van der Waals surface area contributed by atoms with Crippen LogP contribution in [0.4, 0.5) is 0 Å². The maximum Gasteiger partial charge on any atom is 0.270 e. The van der Waals surface area contributed by atoms with Gasteiger partial charge in [0.05, 0.1) is 0 Å². The summed E-state index contributed by atoms with van der Waals surface area (Å²) in [6.07, 6.45) is 8.20. The maximum absolute atomic E-state index is 12.7. The largest absolute Gasteiger partial charge is 0.348 e. The molecular weight excluding hydrogens is 376 g/mol. The Kier molecular flexibility index (Phi) is 6.23. The number of nitrogens with one attached hydrogen (secondary N) is 1. The summed E-state index contributed by atoms with van der Waals surface area (Å²) in [5.41, 5.74) is 3.45. The van der Waals surface area contributed by atoms with E-state index in [1.165, 1.54) is 41.8 Å². The number of likely N-dealkylation sites (tertiary alicyclic amines) is 1. The lowest BCUT2D eigenvalue weighted by molar-refractivity contribution is 0.0949. The third-order valence-electron chi connectivity index (χ3n) is 5.72. The predicted molar refractivity (Wildman–Crippen MR) is 118 cm³/mol. The fourth-order valence-electron chi connectivity index (χ4n) is 4.07. The Morgan fingerprint density at radius 1 is 1.07 bits per heavy atom. The van der Waals surface area contributed by atoms with Crippen LogP contribution in [-0.4, -0.2) is 33.3 Å². The fraction of sp³-hybridized carbons (Fsp3) is 0.375. The van der Waals surface area contributed by atoms with Crippen LogP contribution in [0, 0.1) is 6.92 Å². The van der Waals surface area contributed by atoms with E-state index in [0.29, 0.717) is 12.2 Å². The molecule has 0 saturated carbocycles. The highest BCUT2D eigenvalue weighted by Crippen LogP contribution is 2.14. The molecule has 0 atom stereocenters. The molecule has 1 aromatic carbocycles. The van der Waals surface area contributed by atoms with Crippen LogP contribution < -0.4 is 10.9 Å². The van der Waals surface area contributed by atoms with Crippen molar-refractivity contribution in [3.63, 3.8) is 0 Å². The van der Waals surface area contributed by atoms with Crippen LogP contribution in [0.3, 0.4) is 0 Å². The second-order valence-electron chi connectivity index (χ2n) is 8.05. The van der Waals surface area contributed by atoms with Crippen LogP contribution >= 0.6 is 0 Å². The van der Waals surface area contributed by atoms with Gasteiger partial charge in [-0.2, -0.15) is 0 Å². The number of carbonyl (C=O) groups is 1. The maximum atomic E-state index is 12.7. The van der Waals surface area contributed by atoms with Crippen molar-refractivity contribution in [1.29, 1.82) is 0 Å². The van der Waals surface area contributed by atoms with E-state index in [-0.39, 0.29) is 11.1 Å². The number of nitrogens with zero attached hydrogens (tertiary/aromatic N) is 3. The normalized spacial score (nSPS) is 15.1. The molecule has 1 saturated heterocycles. The van der Waals surface area contributed by atoms with Crippen molar-refractivity contribution in [2.45, 2.75) is 45.7 Å². The summed E-state index contributed by atoms with van der Waals surface area (Å²) in [5, 5.41) is 2.87. The summed E-state index contributed by atoms with van der Waals surface area (Å²) in [4.78, 5) is 32.1. The monoisotopic (exact) mass is 404 g/mol. The summed E-state index contributed by atoms with van der Waals surface area (Å²) >= 11 is 0. The van der Waals surface area contributed by atoms with Crippen LogP contribution in [0.5, 0.6) is 0 Å². The van der Waals surface area contributed by atoms with E-state index < -0.39 is 5.91 Å². The average molecular weight is 405 g/mol. The highest BCUT2D eigenvalue weighted by Gasteiger charge is 2.14. The van der Waals surface area contributed by atoms with E-state index in [9.17, 15) is 9.59 Å². The van der Waals surface area contributed by atoms with Gasteiger partial charge in [-0.25, -0.2) is 4.98 Å². The molecule has 30 heavy (non-hydrogen) atoms. The second kappa shape index (κ2) is 9.22. The Balaban J connectivity index is 1.43. The molecule has 0 radical (unpaired) electrons. The number of hydrogen-bond acceptors (Lipinski definition) is 4. The van der Waals surface area contributed by atoms with Crippen LogP contribution in [0.15, 0.2) is 53.6 Å². The topological polar surface area (TPSA) is 66.7 Å². The van der Waals surface area contributed by atoms with Gasteiger partial charge in [0.2, 0.25) is 0 Å². The summed E-state index contributed by atoms with van der Waals surface area (Å²) in [5.74, 6) is -0.402. The Bertz CT molecular complexity index is 1100. The van der Waals surface area contributed by atoms with E-state index in [4.69, 9.17) is 0 Å². The molecule has 4 rings (SSSR count). The van der Waals surface area contributed by atoms with E-state index in [1.807, 2.05) is 25.1 Å². The van der Waals surface area contributed by atoms with Crippen LogP contribution in [0.2, 0.25) is 0 Å². The molecule has 6 nitrogen and oxygen atoms in total. The molecule has 1 N–H and O–H groups in total. The number of carbonyl (C=O) groups excluding carboxylic acids is 1. The minimum absolute atomic E-state index is 0.0545. The van der Waals surface area contributed by atoms with Gasteiger partial charge in [-0.15, -0.1) is 0 Å². The fourth-order valence-corrected chi connectivity index (χ4v) is 4.07. The molecule has 156 valence electrons. The quantitative estimate of drug-likeness (QED) is 0.709. The number of aryl methyl sites for hydroxylation is 1. The molecular formula is C24H28N4O2. The first kappa shape index (κ1) is 20.3. The SMILES string of the molecule is Cc1cccn2c(=O)c(C(=O)NCc3cccc(CN4CCCCCC4)c3)cnc12. The van der Waals surface area contributed by atoms with Crippen molar-refractivity contribution < 1.29 is 4.79 Å². The Labute approximate surface area is 176 Å². The Morgan fingerprint density at radius 2 is 1.83 bits per heavy atom. The molecule has 1 aliphatic rings. The highest BCUT2D eigenvalue weighted by molar-refractivity contribution is 5.93. The third kappa shape index (κ3) is 4.60. The zero-order valence-electron chi connectivity index (χ0n) is 17.4. The summed E-state index contributed by atoms with van der Waals surface area (Å²) in [6, 6.07) is 12.0. The smallest absolute Gasteiger partial charge is 0.270 e.